The Labute approximate surface area is 130 Å². The highest BCUT2D eigenvalue weighted by molar-refractivity contribution is 5.42. The molecule has 0 amide bonds. The molecule has 1 aliphatic heterocycles. The number of hydrogen-bond donors (Lipinski definition) is 0. The summed E-state index contributed by atoms with van der Waals surface area (Å²) >= 11 is 0. The summed E-state index contributed by atoms with van der Waals surface area (Å²) < 4.78 is 19.4. The lowest BCUT2D eigenvalue weighted by Crippen LogP contribution is -2.33. The number of hydrogen-bond acceptors (Lipinski definition) is 4. The van der Waals surface area contributed by atoms with Crippen molar-refractivity contribution in [1.29, 1.82) is 0 Å². The van der Waals surface area contributed by atoms with Gasteiger partial charge in [0, 0.05) is 19.2 Å². The maximum atomic E-state index is 13.8. The highest BCUT2D eigenvalue weighted by Crippen LogP contribution is 2.27. The van der Waals surface area contributed by atoms with Crippen molar-refractivity contribution in [2.45, 2.75) is 26.7 Å². The molecule has 3 rings (SSSR count). The van der Waals surface area contributed by atoms with Gasteiger partial charge in [-0.15, -0.1) is 0 Å². The summed E-state index contributed by atoms with van der Waals surface area (Å²) in [6, 6.07) is 6.55. The zero-order valence-electron chi connectivity index (χ0n) is 12.9. The number of anilines is 1. The van der Waals surface area contributed by atoms with E-state index in [-0.39, 0.29) is 5.75 Å². The molecule has 0 radical (unpaired) electrons. The van der Waals surface area contributed by atoms with Gasteiger partial charge in [0.2, 0.25) is 5.88 Å². The van der Waals surface area contributed by atoms with Crippen LogP contribution in [-0.2, 0) is 0 Å². The molecule has 1 aromatic carbocycles. The van der Waals surface area contributed by atoms with Crippen molar-refractivity contribution in [3.05, 3.63) is 42.0 Å². The smallest absolute Gasteiger partial charge is 0.224 e. The second-order valence-electron chi connectivity index (χ2n) is 5.92. The highest BCUT2D eigenvalue weighted by atomic mass is 19.1. The van der Waals surface area contributed by atoms with E-state index in [0.717, 1.165) is 43.2 Å². The maximum Gasteiger partial charge on any atom is 0.224 e. The molecule has 0 saturated carbocycles. The number of halogens is 1. The van der Waals surface area contributed by atoms with Crippen molar-refractivity contribution in [2.75, 3.05) is 18.0 Å². The van der Waals surface area contributed by atoms with E-state index in [4.69, 9.17) is 4.74 Å². The van der Waals surface area contributed by atoms with E-state index in [2.05, 4.69) is 21.8 Å². The first-order chi connectivity index (χ1) is 10.6. The van der Waals surface area contributed by atoms with Crippen molar-refractivity contribution in [3.63, 3.8) is 0 Å². The number of benzene rings is 1. The lowest BCUT2D eigenvalue weighted by atomic mass is 9.99. The summed E-state index contributed by atoms with van der Waals surface area (Å²) in [5, 5.41) is 0. The fourth-order valence-electron chi connectivity index (χ4n) is 2.60. The Balaban J connectivity index is 1.78. The molecule has 2 aromatic rings. The molecule has 1 aliphatic rings. The molecule has 0 aliphatic carbocycles. The summed E-state index contributed by atoms with van der Waals surface area (Å²) in [6.45, 7) is 6.13. The third kappa shape index (κ3) is 3.35. The largest absolute Gasteiger partial charge is 0.436 e. The number of rotatable bonds is 3. The quantitative estimate of drug-likeness (QED) is 0.860. The van der Waals surface area contributed by atoms with Crippen molar-refractivity contribution in [3.8, 4) is 11.6 Å². The molecule has 116 valence electrons. The normalized spacial score (nSPS) is 15.9. The lowest BCUT2D eigenvalue weighted by Gasteiger charge is -2.31. The molecule has 0 N–H and O–H groups in total. The van der Waals surface area contributed by atoms with E-state index in [0.29, 0.717) is 5.88 Å². The summed E-state index contributed by atoms with van der Waals surface area (Å²) in [4.78, 5) is 10.6. The average Bonchev–Trinajstić information content (AvgIpc) is 2.52. The lowest BCUT2D eigenvalue weighted by molar-refractivity contribution is 0.421. The predicted molar refractivity (Wildman–Crippen MR) is 83.9 cm³/mol. The Kier molecular flexibility index (Phi) is 4.22. The topological polar surface area (TPSA) is 38.2 Å². The van der Waals surface area contributed by atoms with Gasteiger partial charge in [0.15, 0.2) is 11.6 Å². The standard InChI is InChI=1S/C17H20FN3O/c1-12-5-7-21(8-6-12)16-10-17(20-11-19-16)22-15-9-13(2)3-4-14(15)18/h3-4,9-12H,5-8H2,1-2H3. The Morgan fingerprint density at radius 1 is 1.18 bits per heavy atom. The van der Waals surface area contributed by atoms with Gasteiger partial charge in [-0.2, -0.15) is 0 Å². The number of piperidine rings is 1. The van der Waals surface area contributed by atoms with E-state index in [1.165, 1.54) is 12.4 Å². The van der Waals surface area contributed by atoms with Gasteiger partial charge >= 0.3 is 0 Å². The molecule has 1 fully saturated rings. The molecule has 1 saturated heterocycles. The number of ether oxygens (including phenoxy) is 1. The third-order valence-corrected chi connectivity index (χ3v) is 4.04. The van der Waals surface area contributed by atoms with Crippen LogP contribution in [0.15, 0.2) is 30.6 Å². The van der Waals surface area contributed by atoms with Crippen LogP contribution in [0.1, 0.15) is 25.3 Å². The fraction of sp³-hybridized carbons (Fsp3) is 0.412. The van der Waals surface area contributed by atoms with Gasteiger partial charge in [-0.05, 0) is 43.4 Å². The molecule has 2 heterocycles. The van der Waals surface area contributed by atoms with E-state index in [1.807, 2.05) is 6.92 Å². The first kappa shape index (κ1) is 14.8. The Morgan fingerprint density at radius 2 is 1.95 bits per heavy atom. The summed E-state index contributed by atoms with van der Waals surface area (Å²) in [5.74, 6) is 1.77. The molecule has 1 aromatic heterocycles. The minimum Gasteiger partial charge on any atom is -0.436 e. The van der Waals surface area contributed by atoms with Crippen LogP contribution in [-0.4, -0.2) is 23.1 Å². The minimum atomic E-state index is -0.391. The van der Waals surface area contributed by atoms with Gasteiger partial charge in [-0.1, -0.05) is 13.0 Å². The highest BCUT2D eigenvalue weighted by Gasteiger charge is 2.18. The van der Waals surface area contributed by atoms with E-state index < -0.39 is 5.82 Å². The Morgan fingerprint density at radius 3 is 2.73 bits per heavy atom. The van der Waals surface area contributed by atoms with Crippen LogP contribution in [0.4, 0.5) is 10.2 Å². The molecular weight excluding hydrogens is 281 g/mol. The first-order valence-electron chi connectivity index (χ1n) is 7.63. The van der Waals surface area contributed by atoms with Crippen LogP contribution >= 0.6 is 0 Å². The molecule has 4 nitrogen and oxygen atoms in total. The number of aryl methyl sites for hydroxylation is 1. The molecule has 0 atom stereocenters. The molecular formula is C17H20FN3O. The fourth-order valence-corrected chi connectivity index (χ4v) is 2.60. The summed E-state index contributed by atoms with van der Waals surface area (Å²) in [6.07, 6.45) is 3.79. The SMILES string of the molecule is Cc1ccc(F)c(Oc2cc(N3CCC(C)CC3)ncn2)c1. The van der Waals surface area contributed by atoms with Gasteiger partial charge in [-0.25, -0.2) is 14.4 Å². The minimum absolute atomic E-state index is 0.192. The molecule has 5 heteroatoms. The van der Waals surface area contributed by atoms with Gasteiger partial charge < -0.3 is 9.64 Å². The molecule has 0 bridgehead atoms. The maximum absolute atomic E-state index is 13.8. The van der Waals surface area contributed by atoms with Gasteiger partial charge in [-0.3, -0.25) is 0 Å². The van der Waals surface area contributed by atoms with E-state index in [1.54, 1.807) is 18.2 Å². The summed E-state index contributed by atoms with van der Waals surface area (Å²) in [5.41, 5.74) is 0.940. The second-order valence-corrected chi connectivity index (χ2v) is 5.92. The van der Waals surface area contributed by atoms with Gasteiger partial charge in [0.1, 0.15) is 12.1 Å². The predicted octanol–water partition coefficient (Wildman–Crippen LogP) is 3.95. The van der Waals surface area contributed by atoms with Crippen LogP contribution in [0.25, 0.3) is 0 Å². The van der Waals surface area contributed by atoms with Crippen molar-refractivity contribution < 1.29 is 9.13 Å². The zero-order chi connectivity index (χ0) is 15.5. The Bertz CT molecular complexity index is 654. The zero-order valence-corrected chi connectivity index (χ0v) is 12.9. The second kappa shape index (κ2) is 6.30. The van der Waals surface area contributed by atoms with Crippen molar-refractivity contribution >= 4 is 5.82 Å². The van der Waals surface area contributed by atoms with Crippen LogP contribution in [0.2, 0.25) is 0 Å². The third-order valence-electron chi connectivity index (χ3n) is 4.04. The van der Waals surface area contributed by atoms with Crippen LogP contribution in [0.5, 0.6) is 11.6 Å². The van der Waals surface area contributed by atoms with Crippen molar-refractivity contribution in [1.82, 2.24) is 9.97 Å². The monoisotopic (exact) mass is 301 g/mol. The first-order valence-corrected chi connectivity index (χ1v) is 7.63. The van der Waals surface area contributed by atoms with Crippen LogP contribution in [0, 0.1) is 18.7 Å². The van der Waals surface area contributed by atoms with E-state index >= 15 is 0 Å². The van der Waals surface area contributed by atoms with Gasteiger partial charge in [0.25, 0.3) is 0 Å². The molecule has 22 heavy (non-hydrogen) atoms. The van der Waals surface area contributed by atoms with Gasteiger partial charge in [0.05, 0.1) is 0 Å². The summed E-state index contributed by atoms with van der Waals surface area (Å²) in [7, 11) is 0. The van der Waals surface area contributed by atoms with Crippen molar-refractivity contribution in [2.24, 2.45) is 5.92 Å². The van der Waals surface area contributed by atoms with E-state index in [9.17, 15) is 4.39 Å². The van der Waals surface area contributed by atoms with Crippen LogP contribution < -0.4 is 9.64 Å². The molecule has 0 spiro atoms. The molecule has 0 unspecified atom stereocenters. The Hall–Kier alpha value is -2.17. The number of aromatic nitrogens is 2. The van der Waals surface area contributed by atoms with Crippen LogP contribution in [0.3, 0.4) is 0 Å². The average molecular weight is 301 g/mol. The number of nitrogens with zero attached hydrogens (tertiary/aromatic N) is 3.